The molecule has 4 nitrogen and oxygen atoms in total. The van der Waals surface area contributed by atoms with Gasteiger partial charge in [0.1, 0.15) is 11.1 Å². The minimum atomic E-state index is -0.378. The topological polar surface area (TPSA) is 61.2 Å². The third kappa shape index (κ3) is 3.42. The van der Waals surface area contributed by atoms with Crippen LogP contribution in [0.1, 0.15) is 66.0 Å². The van der Waals surface area contributed by atoms with Gasteiger partial charge in [-0.15, -0.1) is 11.3 Å². The fraction of sp³-hybridized carbons (Fsp3) is 0.375. The lowest BCUT2D eigenvalue weighted by Gasteiger charge is -2.38. The Kier molecular flexibility index (Phi) is 5.42. The molecule has 2 heterocycles. The van der Waals surface area contributed by atoms with Crippen LogP contribution in [0, 0.1) is 11.3 Å². The summed E-state index contributed by atoms with van der Waals surface area (Å²) in [4.78, 5) is 29.5. The molecule has 31 heavy (non-hydrogen) atoms. The summed E-state index contributed by atoms with van der Waals surface area (Å²) < 4.78 is 0. The first-order valence-corrected chi connectivity index (χ1v) is 12.2. The Hall–Kier alpha value is -2.13. The fourth-order valence-electron chi connectivity index (χ4n) is 5.10. The zero-order valence-electron chi connectivity index (χ0n) is 16.8. The highest BCUT2D eigenvalue weighted by molar-refractivity contribution is 7.16. The molecule has 2 aliphatic carbocycles. The van der Waals surface area contributed by atoms with Crippen molar-refractivity contribution in [1.82, 2.24) is 0 Å². The van der Waals surface area contributed by atoms with E-state index in [2.05, 4.69) is 6.07 Å². The molecule has 0 saturated heterocycles. The Morgan fingerprint density at radius 1 is 1.06 bits per heavy atom. The molecular formula is C24H20Cl2N2O2S. The minimum Gasteiger partial charge on any atom is -0.294 e. The van der Waals surface area contributed by atoms with Crippen molar-refractivity contribution in [3.63, 3.8) is 0 Å². The maximum absolute atomic E-state index is 13.5. The number of Topliss-reactive ketones (excluding diaryl/α,β-unsaturated/α-hetero) is 1. The maximum atomic E-state index is 13.5. The first kappa shape index (κ1) is 20.8. The number of allylic oxidation sites excluding steroid dienone is 2. The van der Waals surface area contributed by atoms with Crippen LogP contribution in [0.2, 0.25) is 10.0 Å². The smallest absolute Gasteiger partial charge is 0.232 e. The van der Waals surface area contributed by atoms with Gasteiger partial charge in [0.15, 0.2) is 5.78 Å². The van der Waals surface area contributed by atoms with Crippen molar-refractivity contribution in [3.05, 3.63) is 61.1 Å². The van der Waals surface area contributed by atoms with Crippen LogP contribution >= 0.6 is 34.5 Å². The van der Waals surface area contributed by atoms with Crippen LogP contribution in [-0.4, -0.2) is 11.7 Å². The fourth-order valence-corrected chi connectivity index (χ4v) is 7.02. The Balaban J connectivity index is 1.68. The Morgan fingerprint density at radius 3 is 2.65 bits per heavy atom. The van der Waals surface area contributed by atoms with Crippen LogP contribution in [0.3, 0.4) is 0 Å². The number of halogens is 2. The Morgan fingerprint density at radius 2 is 1.87 bits per heavy atom. The molecule has 1 aliphatic heterocycles. The number of ketones is 1. The number of carbonyl (C=O) groups is 2. The van der Waals surface area contributed by atoms with E-state index in [0.717, 1.165) is 42.5 Å². The highest BCUT2D eigenvalue weighted by Crippen LogP contribution is 2.49. The van der Waals surface area contributed by atoms with Crippen LogP contribution in [-0.2, 0) is 22.4 Å². The molecule has 0 radical (unpaired) electrons. The van der Waals surface area contributed by atoms with E-state index in [1.54, 1.807) is 28.4 Å². The summed E-state index contributed by atoms with van der Waals surface area (Å²) in [5.74, 6) is -0.398. The number of nitriles is 1. The van der Waals surface area contributed by atoms with Gasteiger partial charge in [-0.25, -0.2) is 0 Å². The van der Waals surface area contributed by atoms with Crippen LogP contribution in [0.4, 0.5) is 5.00 Å². The van der Waals surface area contributed by atoms with E-state index >= 15 is 0 Å². The highest BCUT2D eigenvalue weighted by atomic mass is 35.5. The zero-order chi connectivity index (χ0) is 21.7. The summed E-state index contributed by atoms with van der Waals surface area (Å²) in [5, 5.41) is 11.6. The summed E-state index contributed by atoms with van der Waals surface area (Å²) in [6, 6.07) is 7.58. The van der Waals surface area contributed by atoms with E-state index in [0.29, 0.717) is 45.4 Å². The lowest BCUT2D eigenvalue weighted by Crippen LogP contribution is -2.40. The largest absolute Gasteiger partial charge is 0.294 e. The van der Waals surface area contributed by atoms with E-state index in [9.17, 15) is 14.9 Å². The standard InChI is InChI=1S/C24H20Cl2N2O2S/c25-13-8-9-14(18(26)10-13)16-11-22(30)28(19-5-3-6-20(29)23(16)19)24-17(12-27)15-4-1-2-7-21(15)31-24/h8-10,16H,1-7,11H2/t16-/m1/s1. The summed E-state index contributed by atoms with van der Waals surface area (Å²) in [6.45, 7) is 0. The van der Waals surface area contributed by atoms with E-state index in [4.69, 9.17) is 23.2 Å². The number of carbonyl (C=O) groups excluding carboxylic acids is 2. The predicted octanol–water partition coefficient (Wildman–Crippen LogP) is 6.33. The molecule has 0 N–H and O–H groups in total. The number of rotatable bonds is 2. The molecule has 7 heteroatoms. The van der Waals surface area contributed by atoms with Gasteiger partial charge in [0, 0.05) is 45.0 Å². The molecule has 1 aromatic carbocycles. The zero-order valence-corrected chi connectivity index (χ0v) is 19.2. The molecule has 1 aromatic heterocycles. The number of amides is 1. The van der Waals surface area contributed by atoms with Crippen LogP contribution in [0.25, 0.3) is 0 Å². The molecule has 0 bridgehead atoms. The van der Waals surface area contributed by atoms with E-state index in [1.807, 2.05) is 6.07 Å². The number of nitrogens with zero attached hydrogens (tertiary/aromatic N) is 2. The van der Waals surface area contributed by atoms with E-state index in [-0.39, 0.29) is 24.0 Å². The van der Waals surface area contributed by atoms with Gasteiger partial charge < -0.3 is 0 Å². The van der Waals surface area contributed by atoms with Crippen molar-refractivity contribution in [2.24, 2.45) is 0 Å². The number of hydrogen-bond acceptors (Lipinski definition) is 4. The van der Waals surface area contributed by atoms with Gasteiger partial charge in [-0.05, 0) is 61.8 Å². The number of aryl methyl sites for hydroxylation is 1. The SMILES string of the molecule is N#Cc1c(N2C(=O)C[C@H](c3ccc(Cl)cc3Cl)C3=C2CCCC3=O)sc2c1CCCC2. The van der Waals surface area contributed by atoms with Crippen LogP contribution < -0.4 is 4.90 Å². The predicted molar refractivity (Wildman–Crippen MR) is 123 cm³/mol. The second kappa shape index (κ2) is 8.09. The molecule has 0 fully saturated rings. The summed E-state index contributed by atoms with van der Waals surface area (Å²) >= 11 is 14.1. The van der Waals surface area contributed by atoms with E-state index < -0.39 is 0 Å². The van der Waals surface area contributed by atoms with Crippen molar-refractivity contribution in [3.8, 4) is 6.07 Å². The third-order valence-electron chi connectivity index (χ3n) is 6.48. The second-order valence-electron chi connectivity index (χ2n) is 8.29. The number of hydrogen-bond donors (Lipinski definition) is 0. The maximum Gasteiger partial charge on any atom is 0.232 e. The molecule has 0 spiro atoms. The molecule has 3 aliphatic rings. The average molecular weight is 471 g/mol. The molecular weight excluding hydrogens is 451 g/mol. The van der Waals surface area contributed by atoms with Crippen molar-refractivity contribution < 1.29 is 9.59 Å². The summed E-state index contributed by atoms with van der Waals surface area (Å²) in [5.41, 5.74) is 3.88. The van der Waals surface area contributed by atoms with Crippen molar-refractivity contribution in [2.75, 3.05) is 4.90 Å². The number of anilines is 1. The van der Waals surface area contributed by atoms with Gasteiger partial charge in [-0.3, -0.25) is 14.5 Å². The van der Waals surface area contributed by atoms with Crippen LogP contribution in [0.15, 0.2) is 29.5 Å². The van der Waals surface area contributed by atoms with Gasteiger partial charge in [-0.2, -0.15) is 5.26 Å². The number of thiophene rings is 1. The first-order chi connectivity index (χ1) is 15.0. The van der Waals surface area contributed by atoms with Crippen molar-refractivity contribution in [2.45, 2.75) is 57.3 Å². The molecule has 0 unspecified atom stereocenters. The van der Waals surface area contributed by atoms with E-state index in [1.165, 1.54) is 4.88 Å². The van der Waals surface area contributed by atoms with Gasteiger partial charge in [-0.1, -0.05) is 29.3 Å². The molecule has 0 saturated carbocycles. The van der Waals surface area contributed by atoms with Crippen molar-refractivity contribution in [1.29, 1.82) is 5.26 Å². The number of benzene rings is 1. The lowest BCUT2D eigenvalue weighted by molar-refractivity contribution is -0.119. The molecule has 1 atom stereocenters. The van der Waals surface area contributed by atoms with Gasteiger partial charge in [0.25, 0.3) is 0 Å². The van der Waals surface area contributed by atoms with Gasteiger partial charge >= 0.3 is 0 Å². The summed E-state index contributed by atoms with van der Waals surface area (Å²) in [7, 11) is 0. The molecule has 1 amide bonds. The van der Waals surface area contributed by atoms with Crippen molar-refractivity contribution >= 4 is 51.2 Å². The highest BCUT2D eigenvalue weighted by Gasteiger charge is 2.42. The van der Waals surface area contributed by atoms with Gasteiger partial charge in [0.05, 0.1) is 5.56 Å². The Bertz CT molecular complexity index is 1190. The second-order valence-corrected chi connectivity index (χ2v) is 10.2. The first-order valence-electron chi connectivity index (χ1n) is 10.6. The minimum absolute atomic E-state index is 0.0644. The number of fused-ring (bicyclic) bond motifs is 1. The monoisotopic (exact) mass is 470 g/mol. The third-order valence-corrected chi connectivity index (χ3v) is 8.32. The Labute approximate surface area is 195 Å². The lowest BCUT2D eigenvalue weighted by atomic mass is 9.77. The average Bonchev–Trinajstić information content (AvgIpc) is 3.11. The molecule has 2 aromatic rings. The molecule has 158 valence electrons. The summed E-state index contributed by atoms with van der Waals surface area (Å²) in [6.07, 6.45) is 5.96. The van der Waals surface area contributed by atoms with Crippen LogP contribution in [0.5, 0.6) is 0 Å². The quantitative estimate of drug-likeness (QED) is 0.514. The van der Waals surface area contributed by atoms with Gasteiger partial charge in [0.2, 0.25) is 5.91 Å². The normalized spacial score (nSPS) is 21.1. The molecule has 5 rings (SSSR count).